The molecular formula is C8H14O4. The summed E-state index contributed by atoms with van der Waals surface area (Å²) >= 11 is 0. The summed E-state index contributed by atoms with van der Waals surface area (Å²) in [6, 6.07) is 0. The first kappa shape index (κ1) is 9.48. The Balaban J connectivity index is 2.09. The fourth-order valence-corrected chi connectivity index (χ4v) is 1.04. The molecule has 1 fully saturated rings. The molecular weight excluding hydrogens is 160 g/mol. The molecule has 4 heteroatoms. The molecule has 0 amide bonds. The average molecular weight is 174 g/mol. The van der Waals surface area contributed by atoms with E-state index < -0.39 is 0 Å². The number of carbonyl (C=O) groups excluding carboxylic acids is 1. The molecule has 4 nitrogen and oxygen atoms in total. The molecule has 0 aromatic carbocycles. The Morgan fingerprint density at radius 3 is 2.75 bits per heavy atom. The lowest BCUT2D eigenvalue weighted by atomic mass is 10.3. The number of carbonyl (C=O) groups is 1. The highest BCUT2D eigenvalue weighted by atomic mass is 16.7. The van der Waals surface area contributed by atoms with Gasteiger partial charge in [-0.15, -0.1) is 0 Å². The van der Waals surface area contributed by atoms with E-state index in [9.17, 15) is 4.79 Å². The first-order valence-electron chi connectivity index (χ1n) is 4.13. The van der Waals surface area contributed by atoms with E-state index in [-0.39, 0.29) is 12.3 Å². The molecule has 1 aliphatic heterocycles. The zero-order chi connectivity index (χ0) is 8.81. The number of hydrogen-bond acceptors (Lipinski definition) is 4. The molecule has 12 heavy (non-hydrogen) atoms. The van der Waals surface area contributed by atoms with Gasteiger partial charge in [-0.25, -0.2) is 0 Å². The van der Waals surface area contributed by atoms with Gasteiger partial charge in [-0.3, -0.25) is 4.79 Å². The van der Waals surface area contributed by atoms with E-state index in [0.717, 1.165) is 19.6 Å². The number of rotatable bonds is 3. The quantitative estimate of drug-likeness (QED) is 0.591. The van der Waals surface area contributed by atoms with Crippen molar-refractivity contribution in [1.29, 1.82) is 0 Å². The van der Waals surface area contributed by atoms with Gasteiger partial charge < -0.3 is 14.2 Å². The second-order valence-electron chi connectivity index (χ2n) is 2.64. The first-order chi connectivity index (χ1) is 5.83. The van der Waals surface area contributed by atoms with Crippen LogP contribution in [0.4, 0.5) is 0 Å². The first-order valence-corrected chi connectivity index (χ1v) is 4.13. The average Bonchev–Trinajstić information content (AvgIpc) is 2.16. The standard InChI is InChI=1S/C8H14O4/c1-10-7(9)3-4-8-11-5-2-6-12-8/h8H,2-6H2,1H3. The van der Waals surface area contributed by atoms with Crippen molar-refractivity contribution in [2.24, 2.45) is 0 Å². The van der Waals surface area contributed by atoms with Crippen LogP contribution in [0.25, 0.3) is 0 Å². The molecule has 0 saturated carbocycles. The van der Waals surface area contributed by atoms with Gasteiger partial charge in [-0.05, 0) is 6.42 Å². The molecule has 0 N–H and O–H groups in total. The van der Waals surface area contributed by atoms with Gasteiger partial charge >= 0.3 is 5.97 Å². The molecule has 0 radical (unpaired) electrons. The topological polar surface area (TPSA) is 44.8 Å². The molecule has 0 bridgehead atoms. The van der Waals surface area contributed by atoms with Crippen LogP contribution >= 0.6 is 0 Å². The minimum Gasteiger partial charge on any atom is -0.469 e. The second-order valence-corrected chi connectivity index (χ2v) is 2.64. The lowest BCUT2D eigenvalue weighted by Gasteiger charge is -2.22. The zero-order valence-electron chi connectivity index (χ0n) is 7.25. The third kappa shape index (κ3) is 3.19. The van der Waals surface area contributed by atoms with Gasteiger partial charge in [0.05, 0.1) is 26.7 Å². The van der Waals surface area contributed by atoms with Crippen LogP contribution in [0, 0.1) is 0 Å². The predicted octanol–water partition coefficient (Wildman–Crippen LogP) is 0.703. The molecule has 0 unspecified atom stereocenters. The van der Waals surface area contributed by atoms with E-state index in [1.165, 1.54) is 7.11 Å². The number of hydrogen-bond donors (Lipinski definition) is 0. The van der Waals surface area contributed by atoms with Crippen molar-refractivity contribution in [2.75, 3.05) is 20.3 Å². The molecule has 1 aliphatic rings. The van der Waals surface area contributed by atoms with Gasteiger partial charge in [-0.2, -0.15) is 0 Å². The summed E-state index contributed by atoms with van der Waals surface area (Å²) in [7, 11) is 1.38. The summed E-state index contributed by atoms with van der Waals surface area (Å²) in [5, 5.41) is 0. The zero-order valence-corrected chi connectivity index (χ0v) is 7.25. The Hall–Kier alpha value is -0.610. The Morgan fingerprint density at radius 2 is 2.17 bits per heavy atom. The van der Waals surface area contributed by atoms with Crippen LogP contribution in [0.3, 0.4) is 0 Å². The fraction of sp³-hybridized carbons (Fsp3) is 0.875. The second kappa shape index (κ2) is 5.11. The molecule has 0 aromatic rings. The number of ether oxygens (including phenoxy) is 3. The van der Waals surface area contributed by atoms with Crippen LogP contribution in [0.15, 0.2) is 0 Å². The van der Waals surface area contributed by atoms with E-state index in [0.29, 0.717) is 12.8 Å². The van der Waals surface area contributed by atoms with Crippen molar-refractivity contribution >= 4 is 5.97 Å². The Kier molecular flexibility index (Phi) is 4.04. The van der Waals surface area contributed by atoms with Crippen molar-refractivity contribution in [3.63, 3.8) is 0 Å². The maximum atomic E-state index is 10.7. The molecule has 0 aliphatic carbocycles. The molecule has 0 atom stereocenters. The normalized spacial score (nSPS) is 19.1. The van der Waals surface area contributed by atoms with Crippen LogP contribution in [0.5, 0.6) is 0 Å². The highest BCUT2D eigenvalue weighted by molar-refractivity contribution is 5.69. The van der Waals surface area contributed by atoms with Gasteiger partial charge in [0.1, 0.15) is 0 Å². The largest absolute Gasteiger partial charge is 0.469 e. The van der Waals surface area contributed by atoms with Crippen molar-refractivity contribution in [3.05, 3.63) is 0 Å². The summed E-state index contributed by atoms with van der Waals surface area (Å²) in [4.78, 5) is 10.7. The van der Waals surface area contributed by atoms with Crippen LogP contribution in [-0.4, -0.2) is 32.6 Å². The highest BCUT2D eigenvalue weighted by Crippen LogP contribution is 2.10. The van der Waals surface area contributed by atoms with Crippen LogP contribution in [0.2, 0.25) is 0 Å². The fourth-order valence-electron chi connectivity index (χ4n) is 1.04. The molecule has 1 rings (SSSR count). The Morgan fingerprint density at radius 1 is 1.50 bits per heavy atom. The molecule has 1 saturated heterocycles. The maximum absolute atomic E-state index is 10.7. The lowest BCUT2D eigenvalue weighted by molar-refractivity contribution is -0.184. The van der Waals surface area contributed by atoms with Crippen molar-refractivity contribution in [1.82, 2.24) is 0 Å². The van der Waals surface area contributed by atoms with Crippen molar-refractivity contribution in [3.8, 4) is 0 Å². The predicted molar refractivity (Wildman–Crippen MR) is 41.6 cm³/mol. The van der Waals surface area contributed by atoms with E-state index in [1.807, 2.05) is 0 Å². The number of methoxy groups -OCH3 is 1. The van der Waals surface area contributed by atoms with Crippen LogP contribution < -0.4 is 0 Å². The molecule has 1 heterocycles. The summed E-state index contributed by atoms with van der Waals surface area (Å²) in [6.45, 7) is 1.46. The minimum absolute atomic E-state index is 0.210. The summed E-state index contributed by atoms with van der Waals surface area (Å²) in [6.07, 6.45) is 1.68. The molecule has 0 aromatic heterocycles. The van der Waals surface area contributed by atoms with Gasteiger partial charge in [-0.1, -0.05) is 0 Å². The van der Waals surface area contributed by atoms with Crippen molar-refractivity contribution in [2.45, 2.75) is 25.6 Å². The smallest absolute Gasteiger partial charge is 0.305 e. The van der Waals surface area contributed by atoms with Gasteiger partial charge in [0, 0.05) is 6.42 Å². The summed E-state index contributed by atoms with van der Waals surface area (Å²) in [5.41, 5.74) is 0. The Labute approximate surface area is 71.8 Å². The van der Waals surface area contributed by atoms with Crippen LogP contribution in [-0.2, 0) is 19.0 Å². The van der Waals surface area contributed by atoms with Crippen molar-refractivity contribution < 1.29 is 19.0 Å². The SMILES string of the molecule is COC(=O)CCC1OCCCO1. The van der Waals surface area contributed by atoms with Gasteiger partial charge in [0.25, 0.3) is 0 Å². The third-order valence-electron chi connectivity index (χ3n) is 1.71. The number of esters is 1. The third-order valence-corrected chi connectivity index (χ3v) is 1.71. The summed E-state index contributed by atoms with van der Waals surface area (Å²) in [5.74, 6) is -0.215. The lowest BCUT2D eigenvalue weighted by Crippen LogP contribution is -2.25. The monoisotopic (exact) mass is 174 g/mol. The van der Waals surface area contributed by atoms with E-state index in [2.05, 4.69) is 4.74 Å². The van der Waals surface area contributed by atoms with Gasteiger partial charge in [0.2, 0.25) is 0 Å². The summed E-state index contributed by atoms with van der Waals surface area (Å²) < 4.78 is 15.0. The Bertz CT molecular complexity index is 140. The minimum atomic E-state index is -0.215. The van der Waals surface area contributed by atoms with E-state index >= 15 is 0 Å². The maximum Gasteiger partial charge on any atom is 0.305 e. The van der Waals surface area contributed by atoms with E-state index in [1.54, 1.807) is 0 Å². The molecule has 0 spiro atoms. The van der Waals surface area contributed by atoms with Gasteiger partial charge in [0.15, 0.2) is 6.29 Å². The molecule has 70 valence electrons. The van der Waals surface area contributed by atoms with E-state index in [4.69, 9.17) is 9.47 Å². The van der Waals surface area contributed by atoms with Crippen LogP contribution in [0.1, 0.15) is 19.3 Å². The highest BCUT2D eigenvalue weighted by Gasteiger charge is 2.15.